The molecule has 248 valence electrons. The zero-order valence-electron chi connectivity index (χ0n) is 29.0. The van der Waals surface area contributed by atoms with Crippen molar-refractivity contribution in [2.24, 2.45) is 0 Å². The summed E-state index contributed by atoms with van der Waals surface area (Å²) in [7, 11) is -6.00. The van der Waals surface area contributed by atoms with Gasteiger partial charge < -0.3 is 17.3 Å². The Morgan fingerprint density at radius 3 is 1.50 bits per heavy atom. The van der Waals surface area contributed by atoms with E-state index in [4.69, 9.17) is 0 Å². The minimum absolute atomic E-state index is 0.158. The summed E-state index contributed by atoms with van der Waals surface area (Å²) in [5.41, 5.74) is 15.5. The molecule has 1 nitrogen and oxygen atoms in total. The van der Waals surface area contributed by atoms with E-state index in [1.54, 1.807) is 10.6 Å². The van der Waals surface area contributed by atoms with Crippen molar-refractivity contribution in [2.75, 3.05) is 0 Å². The summed E-state index contributed by atoms with van der Waals surface area (Å²) in [6, 6.07) is 23.7. The van der Waals surface area contributed by atoms with Crippen molar-refractivity contribution in [1.82, 2.24) is 0 Å². The van der Waals surface area contributed by atoms with Crippen molar-refractivity contribution >= 4 is 18.6 Å². The molecule has 0 fully saturated rings. The predicted octanol–water partition coefficient (Wildman–Crippen LogP) is 11.8. The van der Waals surface area contributed by atoms with Crippen LogP contribution in [-0.2, 0) is 23.7 Å². The number of aryl methyl sites for hydroxylation is 2. The number of fused-ring (bicyclic) bond motifs is 1. The average Bonchev–Trinajstić information content (AvgIpc) is 3.21. The normalized spacial score (nSPS) is 15.3. The summed E-state index contributed by atoms with van der Waals surface area (Å²) >= 11 is 1.97. The van der Waals surface area contributed by atoms with Crippen molar-refractivity contribution in [2.45, 2.75) is 117 Å². The van der Waals surface area contributed by atoms with Crippen molar-refractivity contribution in [3.05, 3.63) is 116 Å². The first kappa shape index (κ1) is 35.9. The summed E-state index contributed by atoms with van der Waals surface area (Å²) in [6.45, 7) is 20.9. The molecule has 0 aliphatic heterocycles. The van der Waals surface area contributed by atoms with Crippen LogP contribution in [0.2, 0.25) is 0 Å². The summed E-state index contributed by atoms with van der Waals surface area (Å²) < 4.78 is 41.6. The minimum atomic E-state index is -6.00. The quantitative estimate of drug-likeness (QED) is 0.0875. The van der Waals surface area contributed by atoms with Crippen LogP contribution in [0.5, 0.6) is 0 Å². The first-order chi connectivity index (χ1) is 21.3. The fourth-order valence-corrected chi connectivity index (χ4v) is 7.53. The molecule has 0 saturated carbocycles. The Morgan fingerprint density at radius 2 is 1.09 bits per heavy atom. The van der Waals surface area contributed by atoms with Crippen molar-refractivity contribution < 1.29 is 21.8 Å². The van der Waals surface area contributed by atoms with Crippen LogP contribution in [0, 0.1) is 6.92 Å². The van der Waals surface area contributed by atoms with E-state index in [0.29, 0.717) is 11.8 Å². The van der Waals surface area contributed by atoms with Gasteiger partial charge in [0, 0.05) is 29.4 Å². The van der Waals surface area contributed by atoms with E-state index < -0.39 is 7.25 Å². The molecular weight excluding hydrogens is 601 g/mol. The Balaban J connectivity index is 0.000000892. The number of rotatable bonds is 5. The molecule has 0 unspecified atom stereocenters. The molecule has 1 aliphatic rings. The molecule has 3 aromatic carbocycles. The molecule has 4 aromatic rings. The minimum Gasteiger partial charge on any atom is -0.418 e. The molecule has 1 heterocycles. The molecule has 0 radical (unpaired) electrons. The number of halogens is 4. The van der Waals surface area contributed by atoms with Crippen LogP contribution in [0.25, 0.3) is 5.69 Å². The molecule has 1 aliphatic carbocycles. The van der Waals surface area contributed by atoms with Gasteiger partial charge in [0.15, 0.2) is 0 Å². The largest absolute Gasteiger partial charge is 0.673 e. The van der Waals surface area contributed by atoms with Gasteiger partial charge in [-0.25, -0.2) is 0 Å². The molecule has 0 saturated heterocycles. The summed E-state index contributed by atoms with van der Waals surface area (Å²) in [5, 5.41) is 0. The van der Waals surface area contributed by atoms with E-state index in [1.807, 2.05) is 11.3 Å². The van der Waals surface area contributed by atoms with Gasteiger partial charge in [-0.05, 0) is 71.4 Å². The highest BCUT2D eigenvalue weighted by Gasteiger charge is 2.32. The Kier molecular flexibility index (Phi) is 11.0. The molecule has 0 bridgehead atoms. The maximum Gasteiger partial charge on any atom is 0.673 e. The second-order valence-electron chi connectivity index (χ2n) is 15.0. The van der Waals surface area contributed by atoms with Gasteiger partial charge >= 0.3 is 7.25 Å². The monoisotopic (exact) mass is 651 g/mol. The van der Waals surface area contributed by atoms with E-state index in [1.165, 1.54) is 76.7 Å². The summed E-state index contributed by atoms with van der Waals surface area (Å²) in [6.07, 6.45) is 6.33. The van der Waals surface area contributed by atoms with Crippen LogP contribution in [0.4, 0.5) is 17.3 Å². The lowest BCUT2D eigenvalue weighted by molar-refractivity contribution is -0.600. The van der Waals surface area contributed by atoms with Gasteiger partial charge in [0.1, 0.15) is 0 Å². The van der Waals surface area contributed by atoms with E-state index >= 15 is 0 Å². The Morgan fingerprint density at radius 1 is 0.674 bits per heavy atom. The molecule has 0 spiro atoms. The molecule has 46 heavy (non-hydrogen) atoms. The van der Waals surface area contributed by atoms with Crippen LogP contribution in [0.3, 0.4) is 0 Å². The van der Waals surface area contributed by atoms with Gasteiger partial charge in [-0.3, -0.25) is 0 Å². The van der Waals surface area contributed by atoms with Crippen LogP contribution in [0.1, 0.15) is 136 Å². The van der Waals surface area contributed by atoms with Crippen LogP contribution >= 0.6 is 11.3 Å². The predicted molar refractivity (Wildman–Crippen MR) is 187 cm³/mol. The van der Waals surface area contributed by atoms with E-state index in [9.17, 15) is 17.3 Å². The molecule has 0 amide bonds. The highest BCUT2D eigenvalue weighted by atomic mass is 32.1. The zero-order chi connectivity index (χ0) is 34.0. The third kappa shape index (κ3) is 8.90. The average molecular weight is 652 g/mol. The third-order valence-electron chi connectivity index (χ3n) is 9.27. The van der Waals surface area contributed by atoms with Crippen LogP contribution in [0.15, 0.2) is 66.2 Å². The number of nitrogens with zero attached hydrogens (tertiary/aromatic N) is 1. The number of hydrogen-bond acceptors (Lipinski definition) is 1. The van der Waals surface area contributed by atoms with E-state index in [0.717, 1.165) is 0 Å². The lowest BCUT2D eigenvalue weighted by Gasteiger charge is -2.23. The fraction of sp³-hybridized carbons (Fsp3) is 0.462. The SMILES string of the molecule is Cc1cc([C@H](C)c2ccc(C(C)(C)C)cc2)c(-[n+]2csc3c2CCCCC3)c([C@H](C)c2ccc(C(C)(C)C)cc2)c1.F[B-](F)(F)F. The molecule has 2 atom stereocenters. The van der Waals surface area contributed by atoms with Crippen molar-refractivity contribution in [1.29, 1.82) is 0 Å². The Hall–Kier alpha value is -2.93. The highest BCUT2D eigenvalue weighted by Crippen LogP contribution is 2.38. The zero-order valence-corrected chi connectivity index (χ0v) is 29.8. The number of thiazole rings is 1. The highest BCUT2D eigenvalue weighted by molar-refractivity contribution is 7.09. The van der Waals surface area contributed by atoms with Gasteiger partial charge in [0.05, 0.1) is 4.88 Å². The maximum absolute atomic E-state index is 9.75. The lowest BCUT2D eigenvalue weighted by Crippen LogP contribution is -2.37. The van der Waals surface area contributed by atoms with Gasteiger partial charge in [-0.2, -0.15) is 4.57 Å². The van der Waals surface area contributed by atoms with Crippen molar-refractivity contribution in [3.63, 3.8) is 0 Å². The standard InChI is InChI=1S/C39H50NS.BF4/c1-26-23-33(27(2)29-15-19-31(20-16-29)38(4,5)6)37(40-25-41-36-14-12-10-11-13-35(36)40)34(24-26)28(3)30-17-21-32(22-18-30)39(7,8)9;2-1(3,4)5/h15-25,27-28H,10-14H2,1-9H3;/q+1;-1/t27-,28-;/m1./s1. The summed E-state index contributed by atoms with van der Waals surface area (Å²) in [5.74, 6) is 0.587. The first-order valence-corrected chi connectivity index (χ1v) is 17.5. The van der Waals surface area contributed by atoms with Gasteiger partial charge in [-0.15, -0.1) is 0 Å². The lowest BCUT2D eigenvalue weighted by atomic mass is 9.81. The molecule has 1 aromatic heterocycles. The third-order valence-corrected chi connectivity index (χ3v) is 10.3. The van der Waals surface area contributed by atoms with Crippen molar-refractivity contribution in [3.8, 4) is 5.69 Å². The second kappa shape index (κ2) is 14.1. The molecule has 7 heteroatoms. The van der Waals surface area contributed by atoms with Gasteiger partial charge in [-0.1, -0.05) is 127 Å². The van der Waals surface area contributed by atoms with E-state index in [2.05, 4.69) is 133 Å². The van der Waals surface area contributed by atoms with Crippen LogP contribution < -0.4 is 4.57 Å². The van der Waals surface area contributed by atoms with Gasteiger partial charge in [0.2, 0.25) is 16.9 Å². The first-order valence-electron chi connectivity index (χ1n) is 16.6. The molecule has 5 rings (SSSR count). The maximum atomic E-state index is 9.75. The van der Waals surface area contributed by atoms with Crippen LogP contribution in [-0.4, -0.2) is 7.25 Å². The smallest absolute Gasteiger partial charge is 0.418 e. The topological polar surface area (TPSA) is 3.88 Å². The van der Waals surface area contributed by atoms with Gasteiger partial charge in [0.25, 0.3) is 0 Å². The Labute approximate surface area is 278 Å². The number of hydrogen-bond donors (Lipinski definition) is 0. The fourth-order valence-electron chi connectivity index (χ4n) is 6.46. The number of benzene rings is 3. The summed E-state index contributed by atoms with van der Waals surface area (Å²) in [4.78, 5) is 1.59. The van der Waals surface area contributed by atoms with E-state index in [-0.39, 0.29) is 10.8 Å². The number of aromatic nitrogens is 1. The molecular formula is C39H50BF4NS. The second-order valence-corrected chi connectivity index (χ2v) is 15.9. The molecule has 0 N–H and O–H groups in total. The Bertz CT molecular complexity index is 1520.